The molecule has 0 spiro atoms. The number of benzene rings is 2. The molecule has 0 saturated carbocycles. The molecule has 6 heteroatoms. The van der Waals surface area contributed by atoms with Crippen LogP contribution in [-0.4, -0.2) is 23.3 Å². The van der Waals surface area contributed by atoms with E-state index in [4.69, 9.17) is 4.74 Å². The van der Waals surface area contributed by atoms with E-state index in [1.807, 2.05) is 18.2 Å². The number of amides is 1. The number of halogens is 1. The molecule has 0 unspecified atom stereocenters. The number of aromatic nitrogens is 1. The van der Waals surface area contributed by atoms with Crippen LogP contribution in [-0.2, 0) is 4.79 Å². The second kappa shape index (κ2) is 8.40. The Bertz CT molecular complexity index is 915. The smallest absolute Gasteiger partial charge is 0.262 e. The molecule has 1 heterocycles. The van der Waals surface area contributed by atoms with Crippen LogP contribution >= 0.6 is 15.9 Å². The number of ether oxygens (including phenoxy) is 1. The van der Waals surface area contributed by atoms with Gasteiger partial charge in [0.2, 0.25) is 0 Å². The average Bonchev–Trinajstić information content (AvgIpc) is 2.68. The van der Waals surface area contributed by atoms with Crippen LogP contribution < -0.4 is 10.1 Å². The maximum absolute atomic E-state index is 12.4. The van der Waals surface area contributed by atoms with Crippen LogP contribution in [0.15, 0.2) is 77.5 Å². The van der Waals surface area contributed by atoms with Gasteiger partial charge in [-0.1, -0.05) is 30.3 Å². The molecule has 26 heavy (non-hydrogen) atoms. The first-order valence-corrected chi connectivity index (χ1v) is 8.65. The Hall–Kier alpha value is -2.99. The Morgan fingerprint density at radius 1 is 1.00 bits per heavy atom. The Morgan fingerprint density at radius 2 is 1.81 bits per heavy atom. The second-order valence-corrected chi connectivity index (χ2v) is 6.27. The number of hydrogen-bond acceptors (Lipinski definition) is 4. The fourth-order valence-electron chi connectivity index (χ4n) is 2.29. The zero-order chi connectivity index (χ0) is 18.4. The van der Waals surface area contributed by atoms with Crippen LogP contribution in [0.2, 0.25) is 0 Å². The predicted octanol–water partition coefficient (Wildman–Crippen LogP) is 4.09. The lowest BCUT2D eigenvalue weighted by molar-refractivity contribution is -0.118. The average molecular weight is 411 g/mol. The van der Waals surface area contributed by atoms with Gasteiger partial charge < -0.3 is 10.1 Å². The van der Waals surface area contributed by atoms with Crippen LogP contribution in [0.3, 0.4) is 0 Å². The van der Waals surface area contributed by atoms with E-state index in [0.717, 1.165) is 0 Å². The van der Waals surface area contributed by atoms with Crippen LogP contribution in [0.25, 0.3) is 0 Å². The Labute approximate surface area is 159 Å². The fraction of sp³-hybridized carbons (Fsp3) is 0.0500. The van der Waals surface area contributed by atoms with E-state index in [2.05, 4.69) is 26.2 Å². The van der Waals surface area contributed by atoms with E-state index in [-0.39, 0.29) is 18.3 Å². The minimum atomic E-state index is -0.297. The first kappa shape index (κ1) is 17.8. The Kier molecular flexibility index (Phi) is 5.76. The molecule has 3 aromatic rings. The van der Waals surface area contributed by atoms with Crippen molar-refractivity contribution in [3.05, 3.63) is 88.7 Å². The first-order valence-electron chi connectivity index (χ1n) is 7.85. The summed E-state index contributed by atoms with van der Waals surface area (Å²) in [6.45, 7) is -0.153. The van der Waals surface area contributed by atoms with E-state index >= 15 is 0 Å². The monoisotopic (exact) mass is 410 g/mol. The highest BCUT2D eigenvalue weighted by Crippen LogP contribution is 2.27. The van der Waals surface area contributed by atoms with Gasteiger partial charge in [0.05, 0.1) is 16.4 Å². The Balaban J connectivity index is 1.63. The largest absolute Gasteiger partial charge is 0.483 e. The molecule has 1 amide bonds. The first-order chi connectivity index (χ1) is 12.6. The molecule has 0 aliphatic heterocycles. The minimum Gasteiger partial charge on any atom is -0.483 e. The predicted molar refractivity (Wildman–Crippen MR) is 102 cm³/mol. The quantitative estimate of drug-likeness (QED) is 0.621. The molecular weight excluding hydrogens is 396 g/mol. The molecular formula is C20H15BrN2O3. The van der Waals surface area contributed by atoms with Gasteiger partial charge >= 0.3 is 0 Å². The number of ketones is 1. The van der Waals surface area contributed by atoms with Gasteiger partial charge in [-0.2, -0.15) is 0 Å². The number of carbonyl (C=O) groups excluding carboxylic acids is 2. The highest BCUT2D eigenvalue weighted by atomic mass is 79.9. The second-order valence-electron chi connectivity index (χ2n) is 5.42. The summed E-state index contributed by atoms with van der Waals surface area (Å²) in [6.07, 6.45) is 3.18. The van der Waals surface area contributed by atoms with Gasteiger partial charge in [0.25, 0.3) is 5.91 Å². The highest BCUT2D eigenvalue weighted by Gasteiger charge is 2.12. The van der Waals surface area contributed by atoms with Gasteiger partial charge in [-0.05, 0) is 46.3 Å². The number of anilines is 1. The third-order valence-corrected chi connectivity index (χ3v) is 4.15. The van der Waals surface area contributed by atoms with Crippen LogP contribution in [0.5, 0.6) is 5.75 Å². The van der Waals surface area contributed by atoms with Crippen molar-refractivity contribution in [2.45, 2.75) is 0 Å². The number of pyridine rings is 1. The van der Waals surface area contributed by atoms with E-state index in [9.17, 15) is 9.59 Å². The van der Waals surface area contributed by atoms with Gasteiger partial charge in [0, 0.05) is 17.3 Å². The highest BCUT2D eigenvalue weighted by molar-refractivity contribution is 9.10. The molecule has 0 aliphatic rings. The SMILES string of the molecule is O=C(COc1ccc(C(=O)c2ccccc2)cc1Br)Nc1cccnc1. The van der Waals surface area contributed by atoms with Crippen molar-refractivity contribution >= 4 is 33.3 Å². The summed E-state index contributed by atoms with van der Waals surface area (Å²) in [7, 11) is 0. The summed E-state index contributed by atoms with van der Waals surface area (Å²) in [5.41, 5.74) is 1.75. The number of nitrogens with zero attached hydrogens (tertiary/aromatic N) is 1. The van der Waals surface area contributed by atoms with E-state index in [0.29, 0.717) is 27.0 Å². The number of nitrogens with one attached hydrogen (secondary N) is 1. The zero-order valence-electron chi connectivity index (χ0n) is 13.7. The summed E-state index contributed by atoms with van der Waals surface area (Å²) >= 11 is 3.39. The molecule has 0 radical (unpaired) electrons. The normalized spacial score (nSPS) is 10.2. The molecule has 2 aromatic carbocycles. The van der Waals surface area contributed by atoms with Gasteiger partial charge in [-0.15, -0.1) is 0 Å². The maximum atomic E-state index is 12.4. The summed E-state index contributed by atoms with van der Waals surface area (Å²) in [6, 6.07) is 17.5. The van der Waals surface area contributed by atoms with Crippen molar-refractivity contribution in [3.63, 3.8) is 0 Å². The molecule has 0 aliphatic carbocycles. The zero-order valence-corrected chi connectivity index (χ0v) is 15.3. The van der Waals surface area contributed by atoms with Crippen molar-refractivity contribution in [1.29, 1.82) is 0 Å². The lowest BCUT2D eigenvalue weighted by Gasteiger charge is -2.10. The van der Waals surface area contributed by atoms with Gasteiger partial charge in [0.15, 0.2) is 12.4 Å². The Morgan fingerprint density at radius 3 is 2.50 bits per heavy atom. The summed E-state index contributed by atoms with van der Waals surface area (Å²) in [5.74, 6) is 0.109. The van der Waals surface area contributed by atoms with Crippen molar-refractivity contribution in [2.24, 2.45) is 0 Å². The maximum Gasteiger partial charge on any atom is 0.262 e. The molecule has 3 rings (SSSR count). The van der Waals surface area contributed by atoms with Crippen LogP contribution in [0, 0.1) is 0 Å². The van der Waals surface area contributed by atoms with Crippen molar-refractivity contribution in [1.82, 2.24) is 4.98 Å². The fourth-order valence-corrected chi connectivity index (χ4v) is 2.79. The number of hydrogen-bond donors (Lipinski definition) is 1. The summed E-state index contributed by atoms with van der Waals surface area (Å²) in [4.78, 5) is 28.3. The van der Waals surface area contributed by atoms with E-state index in [1.165, 1.54) is 0 Å². The molecule has 5 nitrogen and oxygen atoms in total. The third kappa shape index (κ3) is 4.55. The standard InChI is InChI=1S/C20H15BrN2O3/c21-17-11-15(20(25)14-5-2-1-3-6-14)8-9-18(17)26-13-19(24)23-16-7-4-10-22-12-16/h1-12H,13H2,(H,23,24). The van der Waals surface area contributed by atoms with Crippen molar-refractivity contribution in [3.8, 4) is 5.75 Å². The molecule has 0 fully saturated rings. The molecule has 0 bridgehead atoms. The topological polar surface area (TPSA) is 68.3 Å². The molecule has 1 aromatic heterocycles. The molecule has 1 N–H and O–H groups in total. The minimum absolute atomic E-state index is 0.0767. The van der Waals surface area contributed by atoms with E-state index in [1.54, 1.807) is 54.9 Å². The van der Waals surface area contributed by atoms with E-state index < -0.39 is 0 Å². The van der Waals surface area contributed by atoms with Crippen LogP contribution in [0.4, 0.5) is 5.69 Å². The van der Waals surface area contributed by atoms with Crippen molar-refractivity contribution in [2.75, 3.05) is 11.9 Å². The van der Waals surface area contributed by atoms with Gasteiger partial charge in [-0.3, -0.25) is 14.6 Å². The molecule has 130 valence electrons. The van der Waals surface area contributed by atoms with Crippen molar-refractivity contribution < 1.29 is 14.3 Å². The lowest BCUT2D eigenvalue weighted by Crippen LogP contribution is -2.20. The van der Waals surface area contributed by atoms with Gasteiger partial charge in [0.1, 0.15) is 5.75 Å². The summed E-state index contributed by atoms with van der Waals surface area (Å²) < 4.78 is 6.13. The number of rotatable bonds is 6. The molecule has 0 saturated heterocycles. The molecule has 0 atom stereocenters. The third-order valence-electron chi connectivity index (χ3n) is 3.53. The summed E-state index contributed by atoms with van der Waals surface area (Å²) in [5, 5.41) is 2.69. The van der Waals surface area contributed by atoms with Crippen LogP contribution in [0.1, 0.15) is 15.9 Å². The lowest BCUT2D eigenvalue weighted by atomic mass is 10.0. The number of carbonyl (C=O) groups is 2. The van der Waals surface area contributed by atoms with Gasteiger partial charge in [-0.25, -0.2) is 0 Å².